The van der Waals surface area contributed by atoms with Gasteiger partial charge < -0.3 is 4.42 Å². The van der Waals surface area contributed by atoms with Crippen LogP contribution in [0.15, 0.2) is 45.6 Å². The van der Waals surface area contributed by atoms with Crippen LogP contribution in [0.4, 0.5) is 0 Å². The fourth-order valence-corrected chi connectivity index (χ4v) is 2.97. The van der Waals surface area contributed by atoms with Crippen molar-refractivity contribution >= 4 is 28.4 Å². The predicted octanol–water partition coefficient (Wildman–Crippen LogP) is 3.21. The zero-order chi connectivity index (χ0) is 18.1. The minimum absolute atomic E-state index is 0.289. The van der Waals surface area contributed by atoms with Crippen molar-refractivity contribution in [3.63, 3.8) is 0 Å². The Labute approximate surface area is 143 Å². The molecule has 5 nitrogen and oxygen atoms in total. The highest BCUT2D eigenvalue weighted by atomic mass is 16.4. The van der Waals surface area contributed by atoms with Crippen molar-refractivity contribution in [1.29, 1.82) is 0 Å². The standard InChI is InChI=1S/C20H15NO4/c1-11-8-12(2)17(13(3)9-11)19(23)14(10-22)18-20(24)25-16-7-5-4-6-15(16)21-18/h4-9H,1-3H3. The monoisotopic (exact) mass is 333 g/mol. The number of hydrogen-bond donors (Lipinski definition) is 0. The maximum absolute atomic E-state index is 12.9. The van der Waals surface area contributed by atoms with E-state index in [0.717, 1.165) is 16.7 Å². The average Bonchev–Trinajstić information content (AvgIpc) is 2.55. The maximum atomic E-state index is 12.9. The second kappa shape index (κ2) is 6.30. The Balaban J connectivity index is 2.20. The summed E-state index contributed by atoms with van der Waals surface area (Å²) in [4.78, 5) is 40.7. The first kappa shape index (κ1) is 16.6. The van der Waals surface area contributed by atoms with Crippen LogP contribution in [-0.4, -0.2) is 16.7 Å². The zero-order valence-corrected chi connectivity index (χ0v) is 14.0. The lowest BCUT2D eigenvalue weighted by Gasteiger charge is -2.10. The number of rotatable bonds is 3. The molecule has 25 heavy (non-hydrogen) atoms. The molecule has 0 saturated carbocycles. The van der Waals surface area contributed by atoms with Gasteiger partial charge in [-0.25, -0.2) is 14.6 Å². The van der Waals surface area contributed by atoms with Gasteiger partial charge in [0.2, 0.25) is 5.78 Å². The topological polar surface area (TPSA) is 77.2 Å². The molecule has 0 aliphatic rings. The van der Waals surface area contributed by atoms with Crippen LogP contribution in [0.5, 0.6) is 0 Å². The third kappa shape index (κ3) is 2.93. The van der Waals surface area contributed by atoms with E-state index in [9.17, 15) is 14.4 Å². The number of benzene rings is 2. The second-order valence-corrected chi connectivity index (χ2v) is 5.90. The Hall–Kier alpha value is -3.30. The van der Waals surface area contributed by atoms with Crippen LogP contribution in [0.25, 0.3) is 16.7 Å². The molecule has 0 N–H and O–H groups in total. The van der Waals surface area contributed by atoms with Crippen LogP contribution in [0.2, 0.25) is 0 Å². The molecule has 0 amide bonds. The number of hydrogen-bond acceptors (Lipinski definition) is 5. The average molecular weight is 333 g/mol. The summed E-state index contributed by atoms with van der Waals surface area (Å²) >= 11 is 0. The predicted molar refractivity (Wildman–Crippen MR) is 94.4 cm³/mol. The van der Waals surface area contributed by atoms with Crippen molar-refractivity contribution in [2.75, 3.05) is 0 Å². The number of para-hydroxylation sites is 2. The van der Waals surface area contributed by atoms with Crippen LogP contribution in [0, 0.1) is 20.8 Å². The van der Waals surface area contributed by atoms with Crippen molar-refractivity contribution in [3.05, 3.63) is 74.8 Å². The van der Waals surface area contributed by atoms with Gasteiger partial charge >= 0.3 is 5.63 Å². The van der Waals surface area contributed by atoms with Gasteiger partial charge in [0.15, 0.2) is 11.3 Å². The summed E-state index contributed by atoms with van der Waals surface area (Å²) in [6.45, 7) is 5.49. The van der Waals surface area contributed by atoms with Crippen molar-refractivity contribution in [2.45, 2.75) is 20.8 Å². The molecule has 3 aromatic rings. The molecule has 0 radical (unpaired) electrons. The summed E-state index contributed by atoms with van der Waals surface area (Å²) in [6, 6.07) is 10.3. The molecule has 0 fully saturated rings. The second-order valence-electron chi connectivity index (χ2n) is 5.90. The Morgan fingerprint density at radius 3 is 2.36 bits per heavy atom. The van der Waals surface area contributed by atoms with Crippen molar-refractivity contribution < 1.29 is 14.0 Å². The summed E-state index contributed by atoms with van der Waals surface area (Å²) < 4.78 is 5.17. The van der Waals surface area contributed by atoms with Crippen molar-refractivity contribution in [2.24, 2.45) is 0 Å². The maximum Gasteiger partial charge on any atom is 0.363 e. The molecule has 1 heterocycles. The van der Waals surface area contributed by atoms with Gasteiger partial charge in [-0.15, -0.1) is 0 Å². The van der Waals surface area contributed by atoms with Gasteiger partial charge in [0.1, 0.15) is 17.0 Å². The van der Waals surface area contributed by atoms with Gasteiger partial charge in [0.25, 0.3) is 0 Å². The fraction of sp³-hybridized carbons (Fsp3) is 0.150. The van der Waals surface area contributed by atoms with Gasteiger partial charge in [-0.1, -0.05) is 29.8 Å². The van der Waals surface area contributed by atoms with E-state index < -0.39 is 17.0 Å². The largest absolute Gasteiger partial charge is 0.419 e. The van der Waals surface area contributed by atoms with Crippen LogP contribution in [0.3, 0.4) is 0 Å². The summed E-state index contributed by atoms with van der Waals surface area (Å²) in [5.74, 6) is 1.00. The van der Waals surface area contributed by atoms with Gasteiger partial charge in [0, 0.05) is 5.56 Å². The van der Waals surface area contributed by atoms with Gasteiger partial charge in [0.05, 0.1) is 0 Å². The molecule has 0 unspecified atom stereocenters. The smallest absolute Gasteiger partial charge is 0.363 e. The van der Waals surface area contributed by atoms with E-state index in [2.05, 4.69) is 4.98 Å². The van der Waals surface area contributed by atoms with Crippen LogP contribution in [0.1, 0.15) is 32.7 Å². The Morgan fingerprint density at radius 2 is 1.72 bits per heavy atom. The molecule has 3 rings (SSSR count). The van der Waals surface area contributed by atoms with E-state index in [1.54, 1.807) is 44.1 Å². The van der Waals surface area contributed by atoms with E-state index in [1.165, 1.54) is 0 Å². The Morgan fingerprint density at radius 1 is 1.08 bits per heavy atom. The molecular weight excluding hydrogens is 318 g/mol. The first-order valence-corrected chi connectivity index (χ1v) is 7.70. The zero-order valence-electron chi connectivity index (χ0n) is 14.0. The molecule has 0 atom stereocenters. The molecule has 0 bridgehead atoms. The van der Waals surface area contributed by atoms with E-state index in [1.807, 2.05) is 19.1 Å². The Kier molecular flexibility index (Phi) is 4.17. The molecule has 2 aromatic carbocycles. The van der Waals surface area contributed by atoms with Gasteiger partial charge in [-0.2, -0.15) is 0 Å². The molecule has 1 aromatic heterocycles. The lowest BCUT2D eigenvalue weighted by Crippen LogP contribution is -2.17. The van der Waals surface area contributed by atoms with E-state index in [-0.39, 0.29) is 11.3 Å². The quantitative estimate of drug-likeness (QED) is 0.418. The Bertz CT molecular complexity index is 1090. The van der Waals surface area contributed by atoms with E-state index in [4.69, 9.17) is 4.42 Å². The molecule has 0 aliphatic carbocycles. The van der Waals surface area contributed by atoms with Crippen molar-refractivity contribution in [1.82, 2.24) is 4.98 Å². The highest BCUT2D eigenvalue weighted by molar-refractivity contribution is 6.35. The third-order valence-corrected chi connectivity index (χ3v) is 3.96. The molecular formula is C20H15NO4. The summed E-state index contributed by atoms with van der Waals surface area (Å²) in [6.07, 6.45) is 0. The summed E-state index contributed by atoms with van der Waals surface area (Å²) in [5, 5.41) is 0. The van der Waals surface area contributed by atoms with Crippen LogP contribution in [-0.2, 0) is 4.79 Å². The number of aromatic nitrogens is 1. The van der Waals surface area contributed by atoms with E-state index >= 15 is 0 Å². The number of allylic oxidation sites excluding steroid dienone is 1. The molecule has 0 saturated heterocycles. The number of ketones is 1. The lowest BCUT2D eigenvalue weighted by atomic mass is 9.92. The number of fused-ring (bicyclic) bond motifs is 1. The number of aryl methyl sites for hydroxylation is 3. The first-order valence-electron chi connectivity index (χ1n) is 7.70. The van der Waals surface area contributed by atoms with Crippen LogP contribution < -0.4 is 5.63 Å². The SMILES string of the molecule is Cc1cc(C)c(C(=O)C(=C=O)c2nc3ccccc3oc2=O)c(C)c1. The number of carbonyl (C=O) groups is 1. The van der Waals surface area contributed by atoms with Gasteiger partial charge in [-0.05, 0) is 44.0 Å². The van der Waals surface area contributed by atoms with Crippen molar-refractivity contribution in [3.8, 4) is 0 Å². The van der Waals surface area contributed by atoms with E-state index in [0.29, 0.717) is 11.1 Å². The summed E-state index contributed by atoms with van der Waals surface area (Å²) in [5.41, 5.74) is 1.91. The highest BCUT2D eigenvalue weighted by Gasteiger charge is 2.24. The number of carbonyl (C=O) groups excluding carboxylic acids is 2. The molecule has 0 aliphatic heterocycles. The first-order chi connectivity index (χ1) is 11.9. The fourth-order valence-electron chi connectivity index (χ4n) is 2.97. The van der Waals surface area contributed by atoms with Gasteiger partial charge in [-0.3, -0.25) is 4.79 Å². The minimum atomic E-state index is -0.840. The molecule has 124 valence electrons. The third-order valence-electron chi connectivity index (χ3n) is 3.96. The molecule has 5 heteroatoms. The normalized spacial score (nSPS) is 10.5. The minimum Gasteiger partial charge on any atom is -0.419 e. The highest BCUT2D eigenvalue weighted by Crippen LogP contribution is 2.23. The molecule has 0 spiro atoms. The number of nitrogens with zero attached hydrogens (tertiary/aromatic N) is 1. The number of Topliss-reactive ketones (excluding diaryl/α,β-unsaturated/α-hetero) is 1. The van der Waals surface area contributed by atoms with Crippen LogP contribution >= 0.6 is 0 Å². The summed E-state index contributed by atoms with van der Waals surface area (Å²) in [7, 11) is 0. The lowest BCUT2D eigenvalue weighted by molar-refractivity contribution is 0.105.